The molecule has 0 saturated carbocycles. The van der Waals surface area contributed by atoms with Gasteiger partial charge in [-0.3, -0.25) is 5.43 Å². The number of hydrazone groups is 1. The van der Waals surface area contributed by atoms with Gasteiger partial charge in [0, 0.05) is 10.9 Å². The van der Waals surface area contributed by atoms with E-state index in [4.69, 9.17) is 5.10 Å². The SMILES string of the molecule is c1ccc(N/N=C(/N=Nc2ccc3ccccc3n2)c2c3ccccc3cc3ccccc23)cc1. The zero-order valence-electron chi connectivity index (χ0n) is 18.8. The number of pyridine rings is 1. The van der Waals surface area contributed by atoms with Crippen LogP contribution in [0.15, 0.2) is 137 Å². The number of para-hydroxylation sites is 2. The second kappa shape index (κ2) is 9.15. The number of fused-ring (bicyclic) bond motifs is 3. The fraction of sp³-hybridized carbons (Fsp3) is 0. The summed E-state index contributed by atoms with van der Waals surface area (Å²) >= 11 is 0. The molecule has 0 unspecified atom stereocenters. The van der Waals surface area contributed by atoms with Gasteiger partial charge in [-0.2, -0.15) is 5.10 Å². The van der Waals surface area contributed by atoms with E-state index in [1.807, 2.05) is 91.0 Å². The highest BCUT2D eigenvalue weighted by Crippen LogP contribution is 2.30. The second-order valence-electron chi connectivity index (χ2n) is 8.17. The van der Waals surface area contributed by atoms with Gasteiger partial charge in [0.1, 0.15) is 0 Å². The van der Waals surface area contributed by atoms with Gasteiger partial charge in [0.05, 0.1) is 11.2 Å². The first kappa shape index (κ1) is 20.7. The number of rotatable bonds is 4. The van der Waals surface area contributed by atoms with E-state index in [0.717, 1.165) is 43.7 Å². The molecule has 0 aliphatic carbocycles. The summed E-state index contributed by atoms with van der Waals surface area (Å²) in [6.45, 7) is 0. The maximum Gasteiger partial charge on any atom is 0.202 e. The van der Waals surface area contributed by atoms with E-state index in [1.165, 1.54) is 0 Å². The van der Waals surface area contributed by atoms with E-state index in [2.05, 4.69) is 51.0 Å². The fourth-order valence-electron chi connectivity index (χ4n) is 4.22. The monoisotopic (exact) mass is 451 g/mol. The first-order valence-electron chi connectivity index (χ1n) is 11.4. The van der Waals surface area contributed by atoms with Gasteiger partial charge in [-0.15, -0.1) is 10.2 Å². The minimum atomic E-state index is 0.483. The molecule has 166 valence electrons. The molecule has 0 amide bonds. The third-order valence-corrected chi connectivity index (χ3v) is 5.89. The number of nitrogens with one attached hydrogen (secondary N) is 1. The smallest absolute Gasteiger partial charge is 0.202 e. The molecule has 0 spiro atoms. The molecular weight excluding hydrogens is 430 g/mol. The summed E-state index contributed by atoms with van der Waals surface area (Å²) in [7, 11) is 0. The molecule has 1 aromatic heterocycles. The topological polar surface area (TPSA) is 62.0 Å². The predicted molar refractivity (Wildman–Crippen MR) is 144 cm³/mol. The van der Waals surface area contributed by atoms with E-state index >= 15 is 0 Å². The number of hydrogen-bond acceptors (Lipinski definition) is 4. The molecule has 0 aliphatic rings. The number of amidine groups is 1. The molecule has 6 rings (SSSR count). The van der Waals surface area contributed by atoms with Crippen LogP contribution in [0.2, 0.25) is 0 Å². The molecule has 35 heavy (non-hydrogen) atoms. The lowest BCUT2D eigenvalue weighted by atomic mass is 9.96. The highest BCUT2D eigenvalue weighted by atomic mass is 15.3. The predicted octanol–water partition coefficient (Wildman–Crippen LogP) is 8.10. The number of azo groups is 1. The van der Waals surface area contributed by atoms with Gasteiger partial charge in [0.2, 0.25) is 5.84 Å². The first-order valence-corrected chi connectivity index (χ1v) is 11.4. The Kier molecular flexibility index (Phi) is 5.41. The van der Waals surface area contributed by atoms with Crippen molar-refractivity contribution in [3.63, 3.8) is 0 Å². The maximum absolute atomic E-state index is 4.72. The van der Waals surface area contributed by atoms with Crippen molar-refractivity contribution < 1.29 is 0 Å². The summed E-state index contributed by atoms with van der Waals surface area (Å²) in [6.07, 6.45) is 0. The Morgan fingerprint density at radius 3 is 1.97 bits per heavy atom. The third kappa shape index (κ3) is 4.23. The first-order chi connectivity index (χ1) is 17.3. The Morgan fingerprint density at radius 2 is 1.23 bits per heavy atom. The summed E-state index contributed by atoms with van der Waals surface area (Å²) in [5.41, 5.74) is 5.82. The van der Waals surface area contributed by atoms with E-state index < -0.39 is 0 Å². The minimum absolute atomic E-state index is 0.483. The number of aromatic nitrogens is 1. The van der Waals surface area contributed by atoms with Crippen molar-refractivity contribution in [3.8, 4) is 0 Å². The number of anilines is 1. The van der Waals surface area contributed by atoms with Crippen LogP contribution in [0, 0.1) is 0 Å². The summed E-state index contributed by atoms with van der Waals surface area (Å²) in [6, 6.07) is 40.4. The van der Waals surface area contributed by atoms with Gasteiger partial charge >= 0.3 is 0 Å². The van der Waals surface area contributed by atoms with E-state index in [0.29, 0.717) is 11.7 Å². The summed E-state index contributed by atoms with van der Waals surface area (Å²) < 4.78 is 0. The van der Waals surface area contributed by atoms with E-state index in [1.54, 1.807) is 0 Å². The average molecular weight is 452 g/mol. The van der Waals surface area contributed by atoms with Crippen LogP contribution in [-0.2, 0) is 0 Å². The van der Waals surface area contributed by atoms with Crippen molar-refractivity contribution in [2.75, 3.05) is 5.43 Å². The minimum Gasteiger partial charge on any atom is -0.276 e. The number of benzene rings is 5. The van der Waals surface area contributed by atoms with Crippen molar-refractivity contribution >= 4 is 49.8 Å². The standard InChI is InChI=1S/C30H21N5/c1-2-13-24(14-3-1)32-34-30(35-33-28-19-18-21-10-6-9-17-27(21)31-28)29-25-15-7-4-11-22(25)20-23-12-5-8-16-26(23)29/h1-20,32H/b34-30+,35-33?. The van der Waals surface area contributed by atoms with Gasteiger partial charge < -0.3 is 0 Å². The van der Waals surface area contributed by atoms with Gasteiger partial charge in [0.25, 0.3) is 0 Å². The lowest BCUT2D eigenvalue weighted by molar-refractivity contribution is 1.18. The second-order valence-corrected chi connectivity index (χ2v) is 8.17. The van der Waals surface area contributed by atoms with Crippen LogP contribution in [0.1, 0.15) is 5.56 Å². The van der Waals surface area contributed by atoms with Crippen LogP contribution < -0.4 is 5.43 Å². The summed E-state index contributed by atoms with van der Waals surface area (Å²) in [4.78, 5) is 4.65. The van der Waals surface area contributed by atoms with Gasteiger partial charge in [0.15, 0.2) is 5.82 Å². The van der Waals surface area contributed by atoms with Crippen LogP contribution in [0.3, 0.4) is 0 Å². The normalized spacial score (nSPS) is 12.1. The lowest BCUT2D eigenvalue weighted by Gasteiger charge is -2.11. The van der Waals surface area contributed by atoms with Gasteiger partial charge in [-0.25, -0.2) is 4.98 Å². The van der Waals surface area contributed by atoms with Gasteiger partial charge in [-0.05, 0) is 57.9 Å². The maximum atomic E-state index is 4.72. The van der Waals surface area contributed by atoms with E-state index in [-0.39, 0.29) is 0 Å². The van der Waals surface area contributed by atoms with Crippen LogP contribution in [-0.4, -0.2) is 10.8 Å². The molecule has 5 aromatic carbocycles. The highest BCUT2D eigenvalue weighted by Gasteiger charge is 2.14. The fourth-order valence-corrected chi connectivity index (χ4v) is 4.22. The Hall–Kier alpha value is -4.90. The quantitative estimate of drug-likeness (QED) is 0.0967. The molecule has 6 aromatic rings. The van der Waals surface area contributed by atoms with Gasteiger partial charge in [-0.1, -0.05) is 84.9 Å². The van der Waals surface area contributed by atoms with E-state index in [9.17, 15) is 0 Å². The summed E-state index contributed by atoms with van der Waals surface area (Å²) in [5, 5.41) is 19.3. The zero-order chi connectivity index (χ0) is 23.5. The largest absolute Gasteiger partial charge is 0.276 e. The molecule has 0 bridgehead atoms. The van der Waals surface area contributed by atoms with Crippen LogP contribution >= 0.6 is 0 Å². The molecule has 5 nitrogen and oxygen atoms in total. The van der Waals surface area contributed by atoms with Crippen LogP contribution in [0.4, 0.5) is 11.5 Å². The molecular formula is C30H21N5. The van der Waals surface area contributed by atoms with Crippen molar-refractivity contribution in [2.24, 2.45) is 15.3 Å². The van der Waals surface area contributed by atoms with Crippen LogP contribution in [0.5, 0.6) is 0 Å². The molecule has 0 aliphatic heterocycles. The Bertz CT molecular complexity index is 1670. The summed E-state index contributed by atoms with van der Waals surface area (Å²) in [5.74, 6) is 1.01. The number of nitrogens with zero attached hydrogens (tertiary/aromatic N) is 4. The molecule has 5 heteroatoms. The molecule has 0 radical (unpaired) electrons. The lowest BCUT2D eigenvalue weighted by Crippen LogP contribution is -2.03. The average Bonchev–Trinajstić information content (AvgIpc) is 2.92. The van der Waals surface area contributed by atoms with Crippen molar-refractivity contribution in [3.05, 3.63) is 127 Å². The zero-order valence-corrected chi connectivity index (χ0v) is 18.8. The molecule has 0 fully saturated rings. The molecule has 0 atom stereocenters. The Balaban J connectivity index is 1.53. The van der Waals surface area contributed by atoms with Crippen LogP contribution in [0.25, 0.3) is 32.4 Å². The van der Waals surface area contributed by atoms with Crippen molar-refractivity contribution in [2.45, 2.75) is 0 Å². The Labute approximate surface area is 202 Å². The molecule has 1 N–H and O–H groups in total. The highest BCUT2D eigenvalue weighted by molar-refractivity contribution is 6.20. The van der Waals surface area contributed by atoms with Crippen molar-refractivity contribution in [1.82, 2.24) is 4.98 Å². The Morgan fingerprint density at radius 1 is 0.600 bits per heavy atom. The molecule has 1 heterocycles. The number of hydrogen-bond donors (Lipinski definition) is 1. The molecule has 0 saturated heterocycles. The third-order valence-electron chi connectivity index (χ3n) is 5.89. The van der Waals surface area contributed by atoms with Crippen molar-refractivity contribution in [1.29, 1.82) is 0 Å².